The molecule has 0 unspecified atom stereocenters. The van der Waals surface area contributed by atoms with E-state index in [9.17, 15) is 4.79 Å². The number of hydrogen-bond acceptors (Lipinski definition) is 6. The van der Waals surface area contributed by atoms with Crippen LogP contribution in [-0.2, 0) is 11.4 Å². The van der Waals surface area contributed by atoms with E-state index in [-0.39, 0.29) is 6.03 Å². The summed E-state index contributed by atoms with van der Waals surface area (Å²) in [5.41, 5.74) is 3.81. The third-order valence-electron chi connectivity index (χ3n) is 4.85. The number of aryl methyl sites for hydroxylation is 2. The van der Waals surface area contributed by atoms with E-state index in [2.05, 4.69) is 37.5 Å². The van der Waals surface area contributed by atoms with E-state index < -0.39 is 0 Å². The summed E-state index contributed by atoms with van der Waals surface area (Å²) in [6.07, 6.45) is 2.36. The van der Waals surface area contributed by atoms with Gasteiger partial charge in [0.25, 0.3) is 0 Å². The average Bonchev–Trinajstić information content (AvgIpc) is 3.42. The van der Waals surface area contributed by atoms with Crippen LogP contribution in [0.2, 0.25) is 0 Å². The summed E-state index contributed by atoms with van der Waals surface area (Å²) < 4.78 is 1.81. The highest BCUT2D eigenvalue weighted by Crippen LogP contribution is 2.23. The summed E-state index contributed by atoms with van der Waals surface area (Å²) in [5.74, 6) is 7.04. The first-order valence-electron chi connectivity index (χ1n) is 9.84. The van der Waals surface area contributed by atoms with Gasteiger partial charge in [0.1, 0.15) is 17.8 Å². The van der Waals surface area contributed by atoms with Crippen molar-refractivity contribution in [1.29, 1.82) is 0 Å². The summed E-state index contributed by atoms with van der Waals surface area (Å²) >= 11 is 0. The molecule has 1 aliphatic rings. The van der Waals surface area contributed by atoms with Crippen LogP contribution < -0.4 is 10.6 Å². The van der Waals surface area contributed by atoms with Crippen molar-refractivity contribution >= 4 is 28.6 Å². The lowest BCUT2D eigenvalue weighted by molar-refractivity contribution is -0.0614. The highest BCUT2D eigenvalue weighted by Gasteiger charge is 2.19. The van der Waals surface area contributed by atoms with E-state index >= 15 is 0 Å². The summed E-state index contributed by atoms with van der Waals surface area (Å²) in [5, 5.41) is 12.7. The van der Waals surface area contributed by atoms with Crippen LogP contribution in [0.3, 0.4) is 0 Å². The van der Waals surface area contributed by atoms with Gasteiger partial charge in [-0.2, -0.15) is 5.10 Å². The summed E-state index contributed by atoms with van der Waals surface area (Å²) in [4.78, 5) is 26.2. The SMILES string of the molecule is CCn1nc(C#Cc2cc(NC(=O)N3CCCO3)ccc2C)c2c(NC)ncnc21. The molecule has 30 heavy (non-hydrogen) atoms. The highest BCUT2D eigenvalue weighted by molar-refractivity contribution is 5.92. The molecule has 2 N–H and O–H groups in total. The van der Waals surface area contributed by atoms with Crippen LogP contribution in [0.5, 0.6) is 0 Å². The van der Waals surface area contributed by atoms with Crippen molar-refractivity contribution in [2.24, 2.45) is 0 Å². The number of urea groups is 1. The van der Waals surface area contributed by atoms with Crippen LogP contribution in [0.4, 0.5) is 16.3 Å². The molecule has 4 rings (SSSR count). The molecule has 1 aliphatic heterocycles. The standard InChI is InChI=1S/C21H23N7O2/c1-4-27-20-18(19(22-3)23-13-24-20)17(26-27)9-7-15-12-16(8-6-14(15)2)25-21(29)28-10-5-11-30-28/h6,8,12-13H,4-5,10-11H2,1-3H3,(H,25,29)(H,22,23,24). The molecule has 1 aromatic carbocycles. The molecule has 0 saturated carbocycles. The maximum atomic E-state index is 12.3. The number of benzene rings is 1. The van der Waals surface area contributed by atoms with Crippen molar-refractivity contribution in [3.05, 3.63) is 41.3 Å². The second kappa shape index (κ2) is 8.39. The van der Waals surface area contributed by atoms with Gasteiger partial charge in [0.2, 0.25) is 0 Å². The molecular weight excluding hydrogens is 382 g/mol. The molecule has 1 saturated heterocycles. The molecule has 9 nitrogen and oxygen atoms in total. The average molecular weight is 405 g/mol. The van der Waals surface area contributed by atoms with Gasteiger partial charge in [-0.15, -0.1) is 0 Å². The van der Waals surface area contributed by atoms with E-state index in [1.807, 2.05) is 39.1 Å². The molecule has 3 aromatic rings. The van der Waals surface area contributed by atoms with Crippen molar-refractivity contribution < 1.29 is 9.63 Å². The predicted molar refractivity (Wildman–Crippen MR) is 114 cm³/mol. The Balaban J connectivity index is 1.66. The lowest BCUT2D eigenvalue weighted by Crippen LogP contribution is -2.31. The van der Waals surface area contributed by atoms with Gasteiger partial charge >= 0.3 is 6.03 Å². The van der Waals surface area contributed by atoms with Crippen LogP contribution in [-0.4, -0.2) is 51.0 Å². The number of rotatable bonds is 3. The number of carbonyl (C=O) groups excluding carboxylic acids is 1. The van der Waals surface area contributed by atoms with E-state index in [4.69, 9.17) is 4.84 Å². The zero-order valence-electron chi connectivity index (χ0n) is 17.2. The molecule has 0 aliphatic carbocycles. The van der Waals surface area contributed by atoms with Gasteiger partial charge in [-0.05, 0) is 43.9 Å². The van der Waals surface area contributed by atoms with Crippen LogP contribution in [0.15, 0.2) is 24.5 Å². The Morgan fingerprint density at radius 2 is 2.17 bits per heavy atom. The van der Waals surface area contributed by atoms with Crippen molar-refractivity contribution in [3.8, 4) is 11.8 Å². The smallest absolute Gasteiger partial charge is 0.345 e. The molecule has 3 heterocycles. The second-order valence-electron chi connectivity index (χ2n) is 6.83. The van der Waals surface area contributed by atoms with Crippen molar-refractivity contribution in [3.63, 3.8) is 0 Å². The van der Waals surface area contributed by atoms with Crippen LogP contribution in [0.25, 0.3) is 11.0 Å². The van der Waals surface area contributed by atoms with Crippen LogP contribution in [0.1, 0.15) is 30.2 Å². The largest absolute Gasteiger partial charge is 0.372 e. The summed E-state index contributed by atoms with van der Waals surface area (Å²) in [7, 11) is 1.81. The molecule has 154 valence electrons. The van der Waals surface area contributed by atoms with Crippen molar-refractivity contribution in [2.45, 2.75) is 26.8 Å². The molecule has 0 bridgehead atoms. The minimum absolute atomic E-state index is 0.279. The van der Waals surface area contributed by atoms with E-state index in [0.717, 1.165) is 28.6 Å². The maximum Gasteiger partial charge on any atom is 0.345 e. The molecule has 0 spiro atoms. The number of aromatic nitrogens is 4. The third-order valence-corrected chi connectivity index (χ3v) is 4.85. The molecule has 9 heteroatoms. The monoisotopic (exact) mass is 405 g/mol. The predicted octanol–water partition coefficient (Wildman–Crippen LogP) is 2.77. The number of carbonyl (C=O) groups is 1. The zero-order chi connectivity index (χ0) is 21.1. The maximum absolute atomic E-state index is 12.3. The quantitative estimate of drug-likeness (QED) is 0.651. The molecule has 2 aromatic heterocycles. The first kappa shape index (κ1) is 19.7. The number of hydrogen-bond donors (Lipinski definition) is 2. The van der Waals surface area contributed by atoms with Gasteiger partial charge in [0.15, 0.2) is 5.65 Å². The lowest BCUT2D eigenvalue weighted by Gasteiger charge is -2.15. The Hall–Kier alpha value is -3.64. The van der Waals surface area contributed by atoms with Gasteiger partial charge in [-0.3, -0.25) is 4.84 Å². The van der Waals surface area contributed by atoms with Gasteiger partial charge in [-0.25, -0.2) is 24.5 Å². The third kappa shape index (κ3) is 3.77. The first-order chi connectivity index (χ1) is 14.6. The Kier molecular flexibility index (Phi) is 5.50. The van der Waals surface area contributed by atoms with Gasteiger partial charge < -0.3 is 10.6 Å². The molecule has 2 amide bonds. The fourth-order valence-electron chi connectivity index (χ4n) is 3.26. The van der Waals surface area contributed by atoms with Crippen LogP contribution in [0, 0.1) is 18.8 Å². The fraction of sp³-hybridized carbons (Fsp3) is 0.333. The number of hydroxylamine groups is 2. The molecule has 0 atom stereocenters. The number of anilines is 2. The van der Waals surface area contributed by atoms with E-state index in [0.29, 0.717) is 36.9 Å². The van der Waals surface area contributed by atoms with Gasteiger partial charge in [0, 0.05) is 24.8 Å². The lowest BCUT2D eigenvalue weighted by atomic mass is 10.1. The zero-order valence-corrected chi connectivity index (χ0v) is 17.2. The Morgan fingerprint density at radius 3 is 2.90 bits per heavy atom. The van der Waals surface area contributed by atoms with E-state index in [1.165, 1.54) is 11.4 Å². The normalized spacial score (nSPS) is 13.2. The summed E-state index contributed by atoms with van der Waals surface area (Å²) in [6, 6.07) is 5.35. The number of nitrogens with zero attached hydrogens (tertiary/aromatic N) is 5. The minimum Gasteiger partial charge on any atom is -0.372 e. The fourth-order valence-corrected chi connectivity index (χ4v) is 3.26. The minimum atomic E-state index is -0.279. The topological polar surface area (TPSA) is 97.2 Å². The number of amides is 2. The highest BCUT2D eigenvalue weighted by atomic mass is 16.7. The van der Waals surface area contributed by atoms with Crippen molar-refractivity contribution in [1.82, 2.24) is 24.8 Å². The molecule has 1 fully saturated rings. The Morgan fingerprint density at radius 1 is 1.30 bits per heavy atom. The first-order valence-corrected chi connectivity index (χ1v) is 9.84. The molecular formula is C21H23N7O2. The second-order valence-corrected chi connectivity index (χ2v) is 6.83. The van der Waals surface area contributed by atoms with Crippen molar-refractivity contribution in [2.75, 3.05) is 30.8 Å². The Labute approximate surface area is 174 Å². The number of nitrogens with one attached hydrogen (secondary N) is 2. The Bertz CT molecular complexity index is 1150. The number of fused-ring (bicyclic) bond motifs is 1. The van der Waals surface area contributed by atoms with E-state index in [1.54, 1.807) is 4.68 Å². The van der Waals surface area contributed by atoms with Gasteiger partial charge in [0.05, 0.1) is 18.5 Å². The van der Waals surface area contributed by atoms with Gasteiger partial charge in [-0.1, -0.05) is 12.0 Å². The summed E-state index contributed by atoms with van der Waals surface area (Å²) in [6.45, 7) is 5.81. The van der Waals surface area contributed by atoms with Crippen LogP contribution >= 0.6 is 0 Å². The molecule has 0 radical (unpaired) electrons.